The molecule has 0 heterocycles. The van der Waals surface area contributed by atoms with E-state index >= 15 is 0 Å². The molecule has 2 N–H and O–H groups in total. The van der Waals surface area contributed by atoms with Crippen LogP contribution in [0.4, 0.5) is 13.2 Å². The molecule has 6 heteroatoms. The Morgan fingerprint density at radius 2 is 1.95 bits per heavy atom. The summed E-state index contributed by atoms with van der Waals surface area (Å²) in [5, 5.41) is 5.37. The van der Waals surface area contributed by atoms with E-state index in [9.17, 15) is 18.0 Å². The molecule has 19 heavy (non-hydrogen) atoms. The second-order valence-electron chi connectivity index (χ2n) is 4.18. The van der Waals surface area contributed by atoms with Crippen molar-refractivity contribution in [3.05, 3.63) is 35.4 Å². The van der Waals surface area contributed by atoms with Crippen LogP contribution in [0.2, 0.25) is 0 Å². The first-order chi connectivity index (χ1) is 8.86. The van der Waals surface area contributed by atoms with Gasteiger partial charge in [-0.15, -0.1) is 0 Å². The second kappa shape index (κ2) is 6.56. The van der Waals surface area contributed by atoms with Crippen LogP contribution < -0.4 is 10.6 Å². The van der Waals surface area contributed by atoms with Crippen LogP contribution in [-0.4, -0.2) is 19.5 Å². The molecule has 1 aromatic rings. The van der Waals surface area contributed by atoms with Crippen molar-refractivity contribution in [2.75, 3.05) is 13.6 Å². The van der Waals surface area contributed by atoms with Crippen LogP contribution in [-0.2, 0) is 11.0 Å². The third-order valence-corrected chi connectivity index (χ3v) is 2.81. The van der Waals surface area contributed by atoms with Crippen molar-refractivity contribution in [2.24, 2.45) is 0 Å². The smallest absolute Gasteiger partial charge is 0.359 e. The largest absolute Gasteiger partial charge is 0.416 e. The highest BCUT2D eigenvalue weighted by Crippen LogP contribution is 2.34. The second-order valence-corrected chi connectivity index (χ2v) is 4.18. The fraction of sp³-hybridized carbons (Fsp3) is 0.462. The first-order valence-electron chi connectivity index (χ1n) is 5.96. The van der Waals surface area contributed by atoms with Gasteiger partial charge in [0.25, 0.3) is 0 Å². The number of halogens is 3. The Kier molecular flexibility index (Phi) is 5.35. The summed E-state index contributed by atoms with van der Waals surface area (Å²) >= 11 is 0. The third-order valence-electron chi connectivity index (χ3n) is 2.81. The van der Waals surface area contributed by atoms with E-state index in [2.05, 4.69) is 10.6 Å². The van der Waals surface area contributed by atoms with E-state index in [1.165, 1.54) is 19.2 Å². The van der Waals surface area contributed by atoms with Gasteiger partial charge < -0.3 is 10.6 Å². The molecule has 106 valence electrons. The number of nitrogens with one attached hydrogen (secondary N) is 2. The Hall–Kier alpha value is -1.56. The minimum Gasteiger partial charge on any atom is -0.359 e. The summed E-state index contributed by atoms with van der Waals surface area (Å²) in [6.07, 6.45) is -4.14. The molecular formula is C13H17F3N2O. The summed E-state index contributed by atoms with van der Waals surface area (Å²) in [6.45, 7) is 1.97. The minimum absolute atomic E-state index is 0.149. The van der Waals surface area contributed by atoms with Crippen molar-refractivity contribution in [1.82, 2.24) is 10.6 Å². The van der Waals surface area contributed by atoms with Crippen molar-refractivity contribution >= 4 is 5.91 Å². The van der Waals surface area contributed by atoms with Crippen molar-refractivity contribution in [3.8, 4) is 0 Å². The average Bonchev–Trinajstić information content (AvgIpc) is 2.37. The summed E-state index contributed by atoms with van der Waals surface area (Å²) in [4.78, 5) is 11.0. The number of carbonyl (C=O) groups excluding carboxylic acids is 1. The lowest BCUT2D eigenvalue weighted by molar-refractivity contribution is -0.138. The van der Waals surface area contributed by atoms with Gasteiger partial charge in [0.2, 0.25) is 5.91 Å². The standard InChI is InChI=1S/C13H17F3N2O/c1-9(18-8-7-12(19)17-2)10-5-3-4-6-11(10)13(14,15)16/h3-6,9,18H,7-8H2,1-2H3,(H,17,19). The normalized spacial score (nSPS) is 13.1. The summed E-state index contributed by atoms with van der Waals surface area (Å²) in [5.41, 5.74) is -0.457. The highest BCUT2D eigenvalue weighted by molar-refractivity contribution is 5.75. The maximum absolute atomic E-state index is 12.8. The molecule has 0 aliphatic carbocycles. The predicted molar refractivity (Wildman–Crippen MR) is 66.5 cm³/mol. The topological polar surface area (TPSA) is 41.1 Å². The minimum atomic E-state index is -4.37. The monoisotopic (exact) mass is 274 g/mol. The van der Waals surface area contributed by atoms with Gasteiger partial charge in [0.05, 0.1) is 5.56 Å². The van der Waals surface area contributed by atoms with Crippen molar-refractivity contribution in [1.29, 1.82) is 0 Å². The Bertz CT molecular complexity index is 432. The number of alkyl halides is 3. The molecule has 1 amide bonds. The number of amides is 1. The zero-order valence-electron chi connectivity index (χ0n) is 10.8. The summed E-state index contributed by atoms with van der Waals surface area (Å²) in [5.74, 6) is -0.149. The van der Waals surface area contributed by atoms with E-state index in [-0.39, 0.29) is 17.9 Å². The van der Waals surface area contributed by atoms with Gasteiger partial charge in [-0.25, -0.2) is 0 Å². The molecule has 0 spiro atoms. The molecule has 0 aliphatic rings. The van der Waals surface area contributed by atoms with E-state index in [4.69, 9.17) is 0 Å². The maximum atomic E-state index is 12.8. The van der Waals surface area contributed by atoms with Gasteiger partial charge in [-0.2, -0.15) is 13.2 Å². The molecule has 3 nitrogen and oxygen atoms in total. The number of rotatable bonds is 5. The van der Waals surface area contributed by atoms with Gasteiger partial charge in [-0.05, 0) is 18.6 Å². The highest BCUT2D eigenvalue weighted by atomic mass is 19.4. The number of benzene rings is 1. The van der Waals surface area contributed by atoms with Crippen LogP contribution in [0.15, 0.2) is 24.3 Å². The Balaban J connectivity index is 2.72. The van der Waals surface area contributed by atoms with Gasteiger partial charge in [0.1, 0.15) is 0 Å². The first kappa shape index (κ1) is 15.5. The molecule has 1 aromatic carbocycles. The van der Waals surface area contributed by atoms with Crippen LogP contribution in [0.3, 0.4) is 0 Å². The molecule has 1 atom stereocenters. The molecule has 0 bridgehead atoms. The van der Waals surface area contributed by atoms with Crippen LogP contribution >= 0.6 is 0 Å². The van der Waals surface area contributed by atoms with E-state index in [1.807, 2.05) is 0 Å². The number of hydrogen-bond donors (Lipinski definition) is 2. The number of carbonyl (C=O) groups is 1. The molecule has 0 fully saturated rings. The SMILES string of the molecule is CNC(=O)CCNC(C)c1ccccc1C(F)(F)F. The maximum Gasteiger partial charge on any atom is 0.416 e. The fourth-order valence-electron chi connectivity index (χ4n) is 1.77. The molecule has 0 aromatic heterocycles. The fourth-order valence-corrected chi connectivity index (χ4v) is 1.77. The zero-order valence-corrected chi connectivity index (χ0v) is 10.8. The third kappa shape index (κ3) is 4.55. The summed E-state index contributed by atoms with van der Waals surface area (Å²) in [7, 11) is 1.52. The zero-order chi connectivity index (χ0) is 14.5. The van der Waals surface area contributed by atoms with E-state index in [1.54, 1.807) is 13.0 Å². The van der Waals surface area contributed by atoms with Gasteiger partial charge in [0, 0.05) is 26.1 Å². The molecule has 1 unspecified atom stereocenters. The Morgan fingerprint density at radius 3 is 2.53 bits per heavy atom. The molecule has 0 radical (unpaired) electrons. The van der Waals surface area contributed by atoms with Gasteiger partial charge in [0.15, 0.2) is 0 Å². The summed E-state index contributed by atoms with van der Waals surface area (Å²) < 4.78 is 38.5. The molecule has 1 rings (SSSR count). The van der Waals surface area contributed by atoms with Crippen molar-refractivity contribution in [2.45, 2.75) is 25.6 Å². The average molecular weight is 274 g/mol. The first-order valence-corrected chi connectivity index (χ1v) is 5.96. The van der Waals surface area contributed by atoms with Crippen molar-refractivity contribution < 1.29 is 18.0 Å². The lowest BCUT2D eigenvalue weighted by Crippen LogP contribution is -2.27. The Morgan fingerprint density at radius 1 is 1.32 bits per heavy atom. The number of hydrogen-bond acceptors (Lipinski definition) is 2. The molecule has 0 saturated carbocycles. The van der Waals surface area contributed by atoms with E-state index in [0.717, 1.165) is 6.07 Å². The van der Waals surface area contributed by atoms with Crippen LogP contribution in [0.25, 0.3) is 0 Å². The van der Waals surface area contributed by atoms with Gasteiger partial charge >= 0.3 is 6.18 Å². The predicted octanol–water partition coefficient (Wildman–Crippen LogP) is 2.49. The van der Waals surface area contributed by atoms with Crippen molar-refractivity contribution in [3.63, 3.8) is 0 Å². The lowest BCUT2D eigenvalue weighted by Gasteiger charge is -2.19. The van der Waals surface area contributed by atoms with Crippen LogP contribution in [0.5, 0.6) is 0 Å². The van der Waals surface area contributed by atoms with E-state index in [0.29, 0.717) is 6.54 Å². The highest BCUT2D eigenvalue weighted by Gasteiger charge is 2.33. The van der Waals surface area contributed by atoms with Gasteiger partial charge in [-0.1, -0.05) is 18.2 Å². The molecule has 0 aliphatic heterocycles. The Labute approximate surface area is 110 Å². The van der Waals surface area contributed by atoms with Crippen LogP contribution in [0, 0.1) is 0 Å². The lowest BCUT2D eigenvalue weighted by atomic mass is 10.0. The summed E-state index contributed by atoms with van der Waals surface area (Å²) in [6, 6.07) is 4.97. The van der Waals surface area contributed by atoms with E-state index < -0.39 is 17.8 Å². The van der Waals surface area contributed by atoms with Gasteiger partial charge in [-0.3, -0.25) is 4.79 Å². The quantitative estimate of drug-likeness (QED) is 0.866. The van der Waals surface area contributed by atoms with Crippen LogP contribution in [0.1, 0.15) is 30.5 Å². The molecular weight excluding hydrogens is 257 g/mol. The molecule has 0 saturated heterocycles.